The highest BCUT2D eigenvalue weighted by atomic mass is 28.3. The van der Waals surface area contributed by atoms with Crippen molar-refractivity contribution in [2.45, 2.75) is 96.2 Å². The molecule has 0 radical (unpaired) electrons. The number of aromatic nitrogens is 1. The predicted molar refractivity (Wildman–Crippen MR) is 119 cm³/mol. The maximum Gasteiger partial charge on any atom is 0.169 e. The van der Waals surface area contributed by atoms with E-state index < -0.39 is 8.24 Å². The normalized spacial score (nSPS) is 17.1. The lowest BCUT2D eigenvalue weighted by atomic mass is 9.84. The Labute approximate surface area is 161 Å². The molecule has 0 bridgehead atoms. The first-order chi connectivity index (χ1) is 12.3. The molecule has 1 aliphatic rings. The molecule has 1 saturated carbocycles. The second kappa shape index (κ2) is 7.42. The van der Waals surface area contributed by atoms with Gasteiger partial charge in [-0.2, -0.15) is 0 Å². The van der Waals surface area contributed by atoms with Crippen molar-refractivity contribution >= 4 is 24.8 Å². The fraction of sp³-hybridized carbons (Fsp3) is 0.652. The van der Waals surface area contributed by atoms with Crippen molar-refractivity contribution in [1.29, 1.82) is 0 Å². The van der Waals surface area contributed by atoms with Crippen LogP contribution in [-0.4, -0.2) is 12.5 Å². The number of benzene rings is 1. The Kier molecular flexibility index (Phi) is 5.57. The number of hydrogen-bond acceptors (Lipinski definition) is 1. The van der Waals surface area contributed by atoms with E-state index in [4.69, 9.17) is 5.73 Å². The summed E-state index contributed by atoms with van der Waals surface area (Å²) in [6, 6.07) is 6.64. The minimum Gasteiger partial charge on any atom is -0.399 e. The Morgan fingerprint density at radius 1 is 0.923 bits per heavy atom. The van der Waals surface area contributed by atoms with E-state index >= 15 is 0 Å². The van der Waals surface area contributed by atoms with Crippen LogP contribution in [0, 0.1) is 0 Å². The van der Waals surface area contributed by atoms with Crippen LogP contribution in [0.15, 0.2) is 24.4 Å². The first-order valence-corrected chi connectivity index (χ1v) is 12.9. The smallest absolute Gasteiger partial charge is 0.169 e. The largest absolute Gasteiger partial charge is 0.399 e. The summed E-state index contributed by atoms with van der Waals surface area (Å²) >= 11 is 0. The average Bonchev–Trinajstić information content (AvgIpc) is 2.94. The molecule has 0 atom stereocenters. The quantitative estimate of drug-likeness (QED) is 0.434. The van der Waals surface area contributed by atoms with Crippen LogP contribution in [0.1, 0.15) is 85.1 Å². The molecule has 0 amide bonds. The highest BCUT2D eigenvalue weighted by Crippen LogP contribution is 2.47. The standard InChI is InChI=1S/C23H38N2Si/c1-16(2)26(17(3)4,18(5)6)25-15-22(19-10-8-7-9-11-19)21-14-20(24)12-13-23(21)25/h12-19H,7-11,24H2,1-6H3. The van der Waals surface area contributed by atoms with Crippen molar-refractivity contribution in [3.63, 3.8) is 0 Å². The third-order valence-corrected chi connectivity index (χ3v) is 13.8. The highest BCUT2D eigenvalue weighted by Gasteiger charge is 2.46. The Hall–Kier alpha value is -1.22. The molecule has 0 aliphatic heterocycles. The number of nitrogens with two attached hydrogens (primary N) is 1. The van der Waals surface area contributed by atoms with E-state index in [-0.39, 0.29) is 0 Å². The van der Waals surface area contributed by atoms with Gasteiger partial charge in [0.25, 0.3) is 0 Å². The molecule has 3 heteroatoms. The van der Waals surface area contributed by atoms with Crippen LogP contribution in [0.2, 0.25) is 16.6 Å². The minimum atomic E-state index is -1.75. The van der Waals surface area contributed by atoms with Crippen molar-refractivity contribution in [2.24, 2.45) is 0 Å². The Morgan fingerprint density at radius 3 is 2.04 bits per heavy atom. The van der Waals surface area contributed by atoms with Crippen LogP contribution in [0.25, 0.3) is 10.9 Å². The minimum absolute atomic E-state index is 0.704. The zero-order valence-corrected chi connectivity index (χ0v) is 18.7. The highest BCUT2D eigenvalue weighted by molar-refractivity contribution is 6.82. The summed E-state index contributed by atoms with van der Waals surface area (Å²) in [5, 5.41) is 1.43. The molecule has 0 saturated heterocycles. The fourth-order valence-corrected chi connectivity index (χ4v) is 12.8. The van der Waals surface area contributed by atoms with Gasteiger partial charge in [0, 0.05) is 16.6 Å². The van der Waals surface area contributed by atoms with Gasteiger partial charge in [-0.15, -0.1) is 0 Å². The molecule has 1 aromatic carbocycles. The van der Waals surface area contributed by atoms with Crippen LogP contribution in [0.5, 0.6) is 0 Å². The third kappa shape index (κ3) is 3.02. The van der Waals surface area contributed by atoms with E-state index in [9.17, 15) is 0 Å². The monoisotopic (exact) mass is 370 g/mol. The number of nitrogens with zero attached hydrogens (tertiary/aromatic N) is 1. The van der Waals surface area contributed by atoms with Crippen molar-refractivity contribution in [3.8, 4) is 0 Å². The van der Waals surface area contributed by atoms with E-state index in [1.54, 1.807) is 5.56 Å². The molecule has 1 heterocycles. The first-order valence-electron chi connectivity index (χ1n) is 10.7. The summed E-state index contributed by atoms with van der Waals surface area (Å²) in [6.07, 6.45) is 9.41. The molecule has 1 aliphatic carbocycles. The summed E-state index contributed by atoms with van der Waals surface area (Å²) in [4.78, 5) is 0. The van der Waals surface area contributed by atoms with Gasteiger partial charge in [0.1, 0.15) is 0 Å². The van der Waals surface area contributed by atoms with Crippen LogP contribution >= 0.6 is 0 Å². The molecule has 1 fully saturated rings. The van der Waals surface area contributed by atoms with Gasteiger partial charge in [0.15, 0.2) is 8.24 Å². The van der Waals surface area contributed by atoms with Crippen LogP contribution in [0.4, 0.5) is 5.69 Å². The molecule has 3 rings (SSSR count). The van der Waals surface area contributed by atoms with Gasteiger partial charge in [-0.3, -0.25) is 0 Å². The first kappa shape index (κ1) is 19.5. The van der Waals surface area contributed by atoms with Crippen molar-refractivity contribution in [2.75, 3.05) is 5.73 Å². The van der Waals surface area contributed by atoms with Gasteiger partial charge in [-0.25, -0.2) is 0 Å². The molecule has 144 valence electrons. The Balaban J connectivity index is 2.28. The van der Waals surface area contributed by atoms with E-state index in [0.717, 1.165) is 5.69 Å². The van der Waals surface area contributed by atoms with Crippen LogP contribution in [0.3, 0.4) is 0 Å². The number of anilines is 1. The Bertz CT molecular complexity index is 729. The molecule has 2 aromatic rings. The predicted octanol–water partition coefficient (Wildman–Crippen LogP) is 7.29. The van der Waals surface area contributed by atoms with Gasteiger partial charge in [-0.1, -0.05) is 60.8 Å². The van der Waals surface area contributed by atoms with Gasteiger partial charge >= 0.3 is 0 Å². The molecule has 0 spiro atoms. The summed E-state index contributed by atoms with van der Waals surface area (Å²) in [5.74, 6) is 0.715. The topological polar surface area (TPSA) is 30.9 Å². The molecule has 2 nitrogen and oxygen atoms in total. The number of nitrogen functional groups attached to an aromatic ring is 1. The number of fused-ring (bicyclic) bond motifs is 1. The van der Waals surface area contributed by atoms with E-state index in [1.165, 1.54) is 43.0 Å². The molecular weight excluding hydrogens is 332 g/mol. The summed E-state index contributed by atoms with van der Waals surface area (Å²) in [6.45, 7) is 14.7. The van der Waals surface area contributed by atoms with E-state index in [1.807, 2.05) is 0 Å². The van der Waals surface area contributed by atoms with Gasteiger partial charge in [0.05, 0.1) is 0 Å². The van der Waals surface area contributed by atoms with Crippen molar-refractivity contribution < 1.29 is 0 Å². The third-order valence-electron chi connectivity index (χ3n) is 7.10. The van der Waals surface area contributed by atoms with E-state index in [0.29, 0.717) is 22.5 Å². The van der Waals surface area contributed by atoms with Crippen LogP contribution in [-0.2, 0) is 0 Å². The summed E-state index contributed by atoms with van der Waals surface area (Å²) in [7, 11) is -1.75. The second-order valence-corrected chi connectivity index (χ2v) is 15.1. The van der Waals surface area contributed by atoms with Gasteiger partial charge in [-0.05, 0) is 65.3 Å². The van der Waals surface area contributed by atoms with Gasteiger partial charge in [0.2, 0.25) is 0 Å². The average molecular weight is 371 g/mol. The maximum atomic E-state index is 6.22. The lowest BCUT2D eigenvalue weighted by Gasteiger charge is -2.44. The zero-order chi connectivity index (χ0) is 19.1. The van der Waals surface area contributed by atoms with E-state index in [2.05, 4.69) is 70.2 Å². The Morgan fingerprint density at radius 2 is 1.50 bits per heavy atom. The fourth-order valence-electron chi connectivity index (χ4n) is 6.17. The maximum absolute atomic E-state index is 6.22. The number of hydrogen-bond donors (Lipinski definition) is 1. The SMILES string of the molecule is CC(C)[Si](C(C)C)(C(C)C)n1cc(C2CCCCC2)c2cc(N)ccc21. The van der Waals surface area contributed by atoms with Crippen molar-refractivity contribution in [1.82, 2.24) is 4.23 Å². The molecule has 2 N–H and O–H groups in total. The lowest BCUT2D eigenvalue weighted by Crippen LogP contribution is -2.51. The van der Waals surface area contributed by atoms with Crippen LogP contribution < -0.4 is 5.73 Å². The zero-order valence-electron chi connectivity index (χ0n) is 17.7. The number of rotatable bonds is 5. The molecule has 0 unspecified atom stereocenters. The summed E-state index contributed by atoms with van der Waals surface area (Å²) < 4.78 is 2.78. The van der Waals surface area contributed by atoms with Gasteiger partial charge < -0.3 is 9.97 Å². The second-order valence-electron chi connectivity index (χ2n) is 9.42. The molecule has 26 heavy (non-hydrogen) atoms. The van der Waals surface area contributed by atoms with Crippen molar-refractivity contribution in [3.05, 3.63) is 30.0 Å². The summed E-state index contributed by atoms with van der Waals surface area (Å²) in [5.41, 5.74) is 12.2. The molecule has 1 aromatic heterocycles. The molecular formula is C23H38N2Si. The lowest BCUT2D eigenvalue weighted by molar-refractivity contribution is 0.445.